The van der Waals surface area contributed by atoms with Gasteiger partial charge in [-0.05, 0) is 6.42 Å². The second kappa shape index (κ2) is 9.59. The Hall–Kier alpha value is -0.420. The van der Waals surface area contributed by atoms with E-state index in [-0.39, 0.29) is 6.42 Å². The number of aldehydes is 1. The van der Waals surface area contributed by atoms with Crippen LogP contribution in [0, 0.1) is 0 Å². The van der Waals surface area contributed by atoms with Crippen molar-refractivity contribution in [1.29, 1.82) is 0 Å². The first kappa shape index (κ1) is 16.6. The average molecular weight is 264 g/mol. The van der Waals surface area contributed by atoms with E-state index in [0.717, 1.165) is 19.3 Å². The molecule has 0 aliphatic carbocycles. The van der Waals surface area contributed by atoms with Crippen molar-refractivity contribution in [2.45, 2.75) is 70.0 Å². The SMILES string of the molecule is CCCCCCCCCCC(C=O)S(=O)(=O)O. The van der Waals surface area contributed by atoms with E-state index in [9.17, 15) is 13.2 Å². The lowest BCUT2D eigenvalue weighted by Gasteiger charge is -2.06. The molecule has 1 atom stereocenters. The largest absolute Gasteiger partial charge is 0.302 e. The molecule has 5 heteroatoms. The highest BCUT2D eigenvalue weighted by Crippen LogP contribution is 2.12. The lowest BCUT2D eigenvalue weighted by Crippen LogP contribution is -2.21. The topological polar surface area (TPSA) is 71.4 Å². The van der Waals surface area contributed by atoms with Crippen molar-refractivity contribution in [2.24, 2.45) is 0 Å². The van der Waals surface area contributed by atoms with Gasteiger partial charge in [-0.15, -0.1) is 0 Å². The summed E-state index contributed by atoms with van der Waals surface area (Å²) in [5.41, 5.74) is 0. The molecule has 0 heterocycles. The smallest absolute Gasteiger partial charge is 0.274 e. The fraction of sp³-hybridized carbons (Fsp3) is 0.917. The number of hydrogen-bond donors (Lipinski definition) is 1. The summed E-state index contributed by atoms with van der Waals surface area (Å²) in [6.45, 7) is 2.18. The summed E-state index contributed by atoms with van der Waals surface area (Å²) >= 11 is 0. The van der Waals surface area contributed by atoms with Crippen LogP contribution in [0.4, 0.5) is 0 Å². The Morgan fingerprint density at radius 1 is 1.00 bits per heavy atom. The highest BCUT2D eigenvalue weighted by Gasteiger charge is 2.21. The van der Waals surface area contributed by atoms with E-state index in [2.05, 4.69) is 6.92 Å². The summed E-state index contributed by atoms with van der Waals surface area (Å²) in [6.07, 6.45) is 9.38. The third kappa shape index (κ3) is 9.30. The van der Waals surface area contributed by atoms with Crippen molar-refractivity contribution < 1.29 is 17.8 Å². The van der Waals surface area contributed by atoms with E-state index in [0.29, 0.717) is 12.7 Å². The van der Waals surface area contributed by atoms with Crippen LogP contribution in [0.1, 0.15) is 64.7 Å². The van der Waals surface area contributed by atoms with Gasteiger partial charge >= 0.3 is 0 Å². The Kier molecular flexibility index (Phi) is 9.36. The maximum absolute atomic E-state index is 10.7. The van der Waals surface area contributed by atoms with Gasteiger partial charge < -0.3 is 4.79 Å². The van der Waals surface area contributed by atoms with Crippen molar-refractivity contribution in [3.63, 3.8) is 0 Å². The molecule has 0 radical (unpaired) electrons. The van der Waals surface area contributed by atoms with Crippen molar-refractivity contribution in [3.05, 3.63) is 0 Å². The van der Waals surface area contributed by atoms with Crippen molar-refractivity contribution in [2.75, 3.05) is 0 Å². The summed E-state index contributed by atoms with van der Waals surface area (Å²) < 4.78 is 30.2. The zero-order valence-electron chi connectivity index (χ0n) is 10.6. The molecular formula is C12H24O4S. The minimum absolute atomic E-state index is 0.233. The van der Waals surface area contributed by atoms with Gasteiger partial charge in [0.1, 0.15) is 11.5 Å². The fourth-order valence-corrected chi connectivity index (χ4v) is 2.37. The van der Waals surface area contributed by atoms with Gasteiger partial charge in [-0.25, -0.2) is 0 Å². The molecule has 0 aliphatic rings. The minimum atomic E-state index is -4.19. The van der Waals surface area contributed by atoms with Crippen LogP contribution in [0.25, 0.3) is 0 Å². The molecule has 1 N–H and O–H groups in total. The van der Waals surface area contributed by atoms with Gasteiger partial charge in [0.05, 0.1) is 0 Å². The molecule has 0 amide bonds. The molecule has 0 saturated heterocycles. The van der Waals surface area contributed by atoms with Crippen LogP contribution in [0.15, 0.2) is 0 Å². The number of unbranched alkanes of at least 4 members (excludes halogenated alkanes) is 7. The van der Waals surface area contributed by atoms with Gasteiger partial charge in [0.25, 0.3) is 10.1 Å². The normalized spacial score (nSPS) is 13.5. The van der Waals surface area contributed by atoms with Crippen molar-refractivity contribution >= 4 is 16.4 Å². The lowest BCUT2D eigenvalue weighted by atomic mass is 10.1. The molecular weight excluding hydrogens is 240 g/mol. The van der Waals surface area contributed by atoms with E-state index in [1.165, 1.54) is 25.7 Å². The molecule has 4 nitrogen and oxygen atoms in total. The Bertz CT molecular complexity index is 285. The van der Waals surface area contributed by atoms with Crippen LogP contribution in [0.3, 0.4) is 0 Å². The number of carbonyl (C=O) groups is 1. The van der Waals surface area contributed by atoms with Crippen LogP contribution in [0.5, 0.6) is 0 Å². The van der Waals surface area contributed by atoms with Crippen molar-refractivity contribution in [1.82, 2.24) is 0 Å². The summed E-state index contributed by atoms with van der Waals surface area (Å²) in [5.74, 6) is 0. The molecule has 1 unspecified atom stereocenters. The van der Waals surface area contributed by atoms with Crippen LogP contribution in [0.2, 0.25) is 0 Å². The van der Waals surface area contributed by atoms with Crippen LogP contribution < -0.4 is 0 Å². The molecule has 0 aromatic carbocycles. The first-order valence-corrected chi connectivity index (χ1v) is 7.94. The molecule has 0 saturated carbocycles. The molecule has 0 aromatic rings. The molecule has 0 rings (SSSR count). The lowest BCUT2D eigenvalue weighted by molar-refractivity contribution is -0.107. The predicted octanol–water partition coefficient (Wildman–Crippen LogP) is 2.97. The average Bonchev–Trinajstić information content (AvgIpc) is 2.25. The van der Waals surface area contributed by atoms with E-state index in [1.807, 2.05) is 0 Å². The Balaban J connectivity index is 3.47. The zero-order chi connectivity index (χ0) is 13.1. The summed E-state index contributed by atoms with van der Waals surface area (Å²) in [4.78, 5) is 10.5. The fourth-order valence-electron chi connectivity index (χ4n) is 1.77. The van der Waals surface area contributed by atoms with Gasteiger partial charge in [-0.1, -0.05) is 58.3 Å². The molecule has 0 fully saturated rings. The monoisotopic (exact) mass is 264 g/mol. The summed E-state index contributed by atoms with van der Waals surface area (Å²) in [7, 11) is -4.19. The maximum atomic E-state index is 10.7. The van der Waals surface area contributed by atoms with Crippen LogP contribution >= 0.6 is 0 Å². The first-order chi connectivity index (χ1) is 8.02. The quantitative estimate of drug-likeness (QED) is 0.354. The van der Waals surface area contributed by atoms with E-state index in [1.54, 1.807) is 0 Å². The molecule has 0 spiro atoms. The molecule has 0 aliphatic heterocycles. The second-order valence-electron chi connectivity index (χ2n) is 4.45. The standard InChI is InChI=1S/C12H24O4S/c1-2-3-4-5-6-7-8-9-10-12(11-13)17(14,15)16/h11-12H,2-10H2,1H3,(H,14,15,16). The maximum Gasteiger partial charge on any atom is 0.274 e. The Morgan fingerprint density at radius 2 is 1.47 bits per heavy atom. The summed E-state index contributed by atoms with van der Waals surface area (Å²) in [5, 5.41) is -1.23. The van der Waals surface area contributed by atoms with E-state index >= 15 is 0 Å². The third-order valence-corrected chi connectivity index (χ3v) is 3.99. The number of carbonyl (C=O) groups excluding carboxylic acids is 1. The Morgan fingerprint density at radius 3 is 1.88 bits per heavy atom. The van der Waals surface area contributed by atoms with Crippen LogP contribution in [-0.4, -0.2) is 24.5 Å². The van der Waals surface area contributed by atoms with Gasteiger partial charge in [-0.2, -0.15) is 8.42 Å². The minimum Gasteiger partial charge on any atom is -0.302 e. The molecule has 17 heavy (non-hydrogen) atoms. The Labute approximate surface area is 105 Å². The molecule has 0 aromatic heterocycles. The molecule has 0 bridgehead atoms. The molecule has 102 valence electrons. The number of rotatable bonds is 11. The zero-order valence-corrected chi connectivity index (χ0v) is 11.4. The summed E-state index contributed by atoms with van der Waals surface area (Å²) in [6, 6.07) is 0. The first-order valence-electron chi connectivity index (χ1n) is 6.44. The highest BCUT2D eigenvalue weighted by atomic mass is 32.2. The van der Waals surface area contributed by atoms with Gasteiger partial charge in [0.15, 0.2) is 0 Å². The van der Waals surface area contributed by atoms with Crippen molar-refractivity contribution in [3.8, 4) is 0 Å². The van der Waals surface area contributed by atoms with E-state index in [4.69, 9.17) is 4.55 Å². The van der Waals surface area contributed by atoms with Gasteiger partial charge in [0, 0.05) is 0 Å². The van der Waals surface area contributed by atoms with Crippen LogP contribution in [-0.2, 0) is 14.9 Å². The third-order valence-electron chi connectivity index (χ3n) is 2.88. The highest BCUT2D eigenvalue weighted by molar-refractivity contribution is 7.87. The number of hydrogen-bond acceptors (Lipinski definition) is 3. The van der Waals surface area contributed by atoms with Gasteiger partial charge in [0.2, 0.25) is 0 Å². The van der Waals surface area contributed by atoms with E-state index < -0.39 is 15.4 Å². The second-order valence-corrected chi connectivity index (χ2v) is 6.09. The predicted molar refractivity (Wildman–Crippen MR) is 68.6 cm³/mol. The van der Waals surface area contributed by atoms with Gasteiger partial charge in [-0.3, -0.25) is 4.55 Å².